The third-order valence-electron chi connectivity index (χ3n) is 5.62. The number of rotatable bonds is 9. The Balaban J connectivity index is 1.79. The Bertz CT molecular complexity index is 344. The largest absolute Gasteiger partial charge is 0.466 e. The van der Waals surface area contributed by atoms with E-state index in [0.717, 1.165) is 44.6 Å². The van der Waals surface area contributed by atoms with Gasteiger partial charge >= 0.3 is 5.97 Å². The van der Waals surface area contributed by atoms with Crippen LogP contribution in [0.5, 0.6) is 0 Å². The van der Waals surface area contributed by atoms with E-state index < -0.39 is 0 Å². The van der Waals surface area contributed by atoms with E-state index in [0.29, 0.717) is 19.1 Å². The third kappa shape index (κ3) is 6.36. The third-order valence-corrected chi connectivity index (χ3v) is 5.62. The van der Waals surface area contributed by atoms with Crippen LogP contribution < -0.4 is 0 Å². The number of carbonyl (C=O) groups is 1. The predicted octanol–water partition coefficient (Wildman–Crippen LogP) is 4.71. The van der Waals surface area contributed by atoms with E-state index in [1.807, 2.05) is 6.92 Å². The Hall–Kier alpha value is -0.610. The molecule has 0 aromatic heterocycles. The standard InChI is InChI=1S/C20H36O4/c1-3-7-16-9-11-17(12-10-16)18(20(21)22-4-2)13-15-24-19-8-5-6-14-23-19/h16-19H,3-15H2,1-2H3. The summed E-state index contributed by atoms with van der Waals surface area (Å²) in [6.45, 7) is 6.02. The van der Waals surface area contributed by atoms with Crippen LogP contribution in [0.1, 0.15) is 78.1 Å². The van der Waals surface area contributed by atoms with Crippen molar-refractivity contribution in [1.82, 2.24) is 0 Å². The molecule has 0 aromatic rings. The van der Waals surface area contributed by atoms with Crippen LogP contribution in [0.15, 0.2) is 0 Å². The zero-order chi connectivity index (χ0) is 17.2. The van der Waals surface area contributed by atoms with Gasteiger partial charge in [-0.2, -0.15) is 0 Å². The predicted molar refractivity (Wildman–Crippen MR) is 94.6 cm³/mol. The first kappa shape index (κ1) is 19.7. The Labute approximate surface area is 147 Å². The van der Waals surface area contributed by atoms with E-state index in [-0.39, 0.29) is 18.2 Å². The van der Waals surface area contributed by atoms with Gasteiger partial charge in [0, 0.05) is 6.61 Å². The van der Waals surface area contributed by atoms with Crippen molar-refractivity contribution in [1.29, 1.82) is 0 Å². The molecule has 0 radical (unpaired) electrons. The van der Waals surface area contributed by atoms with Crippen LogP contribution in [-0.2, 0) is 19.0 Å². The Morgan fingerprint density at radius 2 is 1.92 bits per heavy atom. The van der Waals surface area contributed by atoms with Crippen molar-refractivity contribution in [3.05, 3.63) is 0 Å². The summed E-state index contributed by atoms with van der Waals surface area (Å²) in [4.78, 5) is 12.4. The molecular formula is C20H36O4. The van der Waals surface area contributed by atoms with Gasteiger partial charge < -0.3 is 14.2 Å². The molecule has 1 saturated carbocycles. The van der Waals surface area contributed by atoms with Gasteiger partial charge in [0.25, 0.3) is 0 Å². The van der Waals surface area contributed by atoms with Crippen LogP contribution in [-0.4, -0.2) is 32.1 Å². The second-order valence-corrected chi connectivity index (χ2v) is 7.38. The Kier molecular flexibility index (Phi) is 9.11. The molecule has 140 valence electrons. The van der Waals surface area contributed by atoms with E-state index in [4.69, 9.17) is 14.2 Å². The lowest BCUT2D eigenvalue weighted by Crippen LogP contribution is -2.31. The van der Waals surface area contributed by atoms with Gasteiger partial charge in [0.1, 0.15) is 0 Å². The molecule has 4 heteroatoms. The average molecular weight is 341 g/mol. The van der Waals surface area contributed by atoms with Crippen LogP contribution in [0.3, 0.4) is 0 Å². The molecule has 0 amide bonds. The molecular weight excluding hydrogens is 304 g/mol. The second-order valence-electron chi connectivity index (χ2n) is 7.38. The summed E-state index contributed by atoms with van der Waals surface area (Å²) in [6, 6.07) is 0. The fourth-order valence-electron chi connectivity index (χ4n) is 4.25. The van der Waals surface area contributed by atoms with Gasteiger partial charge in [0.2, 0.25) is 0 Å². The highest BCUT2D eigenvalue weighted by Crippen LogP contribution is 2.37. The minimum absolute atomic E-state index is 0.00360. The van der Waals surface area contributed by atoms with E-state index in [1.165, 1.54) is 32.1 Å². The molecule has 2 unspecified atom stereocenters. The highest BCUT2D eigenvalue weighted by molar-refractivity contribution is 5.72. The van der Waals surface area contributed by atoms with Crippen LogP contribution in [0, 0.1) is 17.8 Å². The zero-order valence-electron chi connectivity index (χ0n) is 15.6. The minimum Gasteiger partial charge on any atom is -0.466 e. The maximum Gasteiger partial charge on any atom is 0.309 e. The Morgan fingerprint density at radius 1 is 1.12 bits per heavy atom. The first-order valence-corrected chi connectivity index (χ1v) is 10.1. The SMILES string of the molecule is CCCC1CCC(C(CCOC2CCCCO2)C(=O)OCC)CC1. The monoisotopic (exact) mass is 340 g/mol. The van der Waals surface area contributed by atoms with E-state index >= 15 is 0 Å². The lowest BCUT2D eigenvalue weighted by atomic mass is 9.74. The van der Waals surface area contributed by atoms with Gasteiger partial charge in [0.15, 0.2) is 6.29 Å². The summed E-state index contributed by atoms with van der Waals surface area (Å²) in [6.07, 6.45) is 11.4. The zero-order valence-corrected chi connectivity index (χ0v) is 15.6. The van der Waals surface area contributed by atoms with Gasteiger partial charge in [-0.05, 0) is 57.3 Å². The van der Waals surface area contributed by atoms with Gasteiger partial charge in [0.05, 0.1) is 19.1 Å². The average Bonchev–Trinajstić information content (AvgIpc) is 2.61. The van der Waals surface area contributed by atoms with Crippen molar-refractivity contribution in [2.45, 2.75) is 84.3 Å². The molecule has 24 heavy (non-hydrogen) atoms. The topological polar surface area (TPSA) is 44.8 Å². The summed E-state index contributed by atoms with van der Waals surface area (Å²) in [5, 5.41) is 0. The van der Waals surface area contributed by atoms with Crippen molar-refractivity contribution in [2.24, 2.45) is 17.8 Å². The summed E-state index contributed by atoms with van der Waals surface area (Å²) in [7, 11) is 0. The first-order valence-electron chi connectivity index (χ1n) is 10.1. The molecule has 1 aliphatic carbocycles. The van der Waals surface area contributed by atoms with Crippen molar-refractivity contribution in [2.75, 3.05) is 19.8 Å². The number of esters is 1. The molecule has 0 spiro atoms. The van der Waals surface area contributed by atoms with Gasteiger partial charge in [-0.1, -0.05) is 32.6 Å². The van der Waals surface area contributed by atoms with Crippen LogP contribution >= 0.6 is 0 Å². The quantitative estimate of drug-likeness (QED) is 0.570. The molecule has 2 rings (SSSR count). The molecule has 2 fully saturated rings. The molecule has 1 aliphatic heterocycles. The fraction of sp³-hybridized carbons (Fsp3) is 0.950. The van der Waals surface area contributed by atoms with Crippen LogP contribution in [0.25, 0.3) is 0 Å². The van der Waals surface area contributed by atoms with Crippen LogP contribution in [0.2, 0.25) is 0 Å². The molecule has 0 aromatic carbocycles. The van der Waals surface area contributed by atoms with Crippen molar-refractivity contribution in [3.63, 3.8) is 0 Å². The van der Waals surface area contributed by atoms with Gasteiger partial charge in [-0.25, -0.2) is 0 Å². The highest BCUT2D eigenvalue weighted by Gasteiger charge is 2.32. The summed E-state index contributed by atoms with van der Waals surface area (Å²) in [5.74, 6) is 1.30. The van der Waals surface area contributed by atoms with E-state index in [1.54, 1.807) is 0 Å². The normalized spacial score (nSPS) is 29.2. The lowest BCUT2D eigenvalue weighted by molar-refractivity contribution is -0.169. The minimum atomic E-state index is -0.0677. The smallest absolute Gasteiger partial charge is 0.309 e. The van der Waals surface area contributed by atoms with Crippen molar-refractivity contribution in [3.8, 4) is 0 Å². The summed E-state index contributed by atoms with van der Waals surface area (Å²) < 4.78 is 16.8. The van der Waals surface area contributed by atoms with Crippen molar-refractivity contribution >= 4 is 5.97 Å². The number of carbonyl (C=O) groups excluding carboxylic acids is 1. The Morgan fingerprint density at radius 3 is 2.54 bits per heavy atom. The number of hydrogen-bond acceptors (Lipinski definition) is 4. The molecule has 2 atom stereocenters. The maximum absolute atomic E-state index is 12.4. The van der Waals surface area contributed by atoms with Crippen molar-refractivity contribution < 1.29 is 19.0 Å². The first-order chi connectivity index (χ1) is 11.7. The second kappa shape index (κ2) is 11.1. The van der Waals surface area contributed by atoms with Crippen LogP contribution in [0.4, 0.5) is 0 Å². The molecule has 4 nitrogen and oxygen atoms in total. The van der Waals surface area contributed by atoms with E-state index in [9.17, 15) is 4.79 Å². The number of ether oxygens (including phenoxy) is 3. The van der Waals surface area contributed by atoms with Gasteiger partial charge in [-0.3, -0.25) is 4.79 Å². The fourth-order valence-corrected chi connectivity index (χ4v) is 4.25. The van der Waals surface area contributed by atoms with E-state index in [2.05, 4.69) is 6.92 Å². The molecule has 2 aliphatic rings. The maximum atomic E-state index is 12.4. The molecule has 1 saturated heterocycles. The molecule has 0 bridgehead atoms. The molecule has 1 heterocycles. The summed E-state index contributed by atoms with van der Waals surface area (Å²) in [5.41, 5.74) is 0. The van der Waals surface area contributed by atoms with Gasteiger partial charge in [-0.15, -0.1) is 0 Å². The number of hydrogen-bond donors (Lipinski definition) is 0. The summed E-state index contributed by atoms with van der Waals surface area (Å²) >= 11 is 0. The lowest BCUT2D eigenvalue weighted by Gasteiger charge is -2.33. The molecule has 0 N–H and O–H groups in total. The highest BCUT2D eigenvalue weighted by atomic mass is 16.7.